The number of rotatable bonds is 5. The highest BCUT2D eigenvalue weighted by atomic mass is 19.1. The third-order valence-corrected chi connectivity index (χ3v) is 3.23. The molecular formula is C14H16FN3O3. The molecule has 0 bridgehead atoms. The summed E-state index contributed by atoms with van der Waals surface area (Å²) in [5, 5.41) is 15.2. The predicted octanol–water partition coefficient (Wildman–Crippen LogP) is 3.05. The molecule has 2 aromatic rings. The number of halogens is 1. The Kier molecular flexibility index (Phi) is 4.21. The van der Waals surface area contributed by atoms with Gasteiger partial charge in [-0.05, 0) is 18.9 Å². The highest BCUT2D eigenvalue weighted by Crippen LogP contribution is 2.32. The normalized spacial score (nSPS) is 10.7. The van der Waals surface area contributed by atoms with E-state index in [-0.39, 0.29) is 11.4 Å². The number of hydrogen-bond acceptors (Lipinski definition) is 4. The largest absolute Gasteiger partial charge is 0.490 e. The Balaban J connectivity index is 2.64. The molecule has 0 N–H and O–H groups in total. The summed E-state index contributed by atoms with van der Waals surface area (Å²) < 4.78 is 20.7. The van der Waals surface area contributed by atoms with Gasteiger partial charge >= 0.3 is 5.69 Å². The van der Waals surface area contributed by atoms with Crippen LogP contribution in [-0.4, -0.2) is 21.8 Å². The predicted molar refractivity (Wildman–Crippen MR) is 75.5 cm³/mol. The van der Waals surface area contributed by atoms with Gasteiger partial charge in [-0.3, -0.25) is 10.1 Å². The molecule has 0 radical (unpaired) electrons. The lowest BCUT2D eigenvalue weighted by Gasteiger charge is -2.09. The summed E-state index contributed by atoms with van der Waals surface area (Å²) in [5.74, 6) is -0.699. The highest BCUT2D eigenvalue weighted by Gasteiger charge is 2.21. The summed E-state index contributed by atoms with van der Waals surface area (Å²) in [4.78, 5) is 10.2. The fourth-order valence-corrected chi connectivity index (χ4v) is 2.11. The zero-order valence-electron chi connectivity index (χ0n) is 12.1. The van der Waals surface area contributed by atoms with Crippen molar-refractivity contribution in [3.8, 4) is 11.4 Å². The second kappa shape index (κ2) is 5.90. The first-order chi connectivity index (χ1) is 10.0. The first-order valence-electron chi connectivity index (χ1n) is 6.61. The van der Waals surface area contributed by atoms with Gasteiger partial charge in [-0.15, -0.1) is 0 Å². The molecule has 1 heterocycles. The van der Waals surface area contributed by atoms with Gasteiger partial charge in [-0.2, -0.15) is 5.10 Å². The zero-order valence-corrected chi connectivity index (χ0v) is 12.1. The van der Waals surface area contributed by atoms with Gasteiger partial charge in [0.15, 0.2) is 11.6 Å². The molecule has 0 spiro atoms. The molecule has 1 aromatic carbocycles. The number of benzene rings is 1. The first-order valence-corrected chi connectivity index (χ1v) is 6.61. The maximum atomic E-state index is 14.2. The van der Waals surface area contributed by atoms with Crippen LogP contribution in [0.25, 0.3) is 5.69 Å². The van der Waals surface area contributed by atoms with Gasteiger partial charge in [0.25, 0.3) is 0 Å². The van der Waals surface area contributed by atoms with Crippen LogP contribution in [0, 0.1) is 15.9 Å². The van der Waals surface area contributed by atoms with E-state index in [1.54, 1.807) is 0 Å². The Morgan fingerprint density at radius 3 is 2.57 bits per heavy atom. The molecule has 0 fully saturated rings. The Morgan fingerprint density at radius 2 is 2.05 bits per heavy atom. The summed E-state index contributed by atoms with van der Waals surface area (Å²) in [6.45, 7) is 3.90. The Hall–Kier alpha value is -2.44. The van der Waals surface area contributed by atoms with E-state index in [0.717, 1.165) is 23.9 Å². The molecule has 0 amide bonds. The van der Waals surface area contributed by atoms with E-state index in [2.05, 4.69) is 5.10 Å². The summed E-state index contributed by atoms with van der Waals surface area (Å²) in [5.41, 5.74) is 1.42. The third-order valence-electron chi connectivity index (χ3n) is 3.23. The standard InChI is InChI=1S/C14H16FN3O3/c1-4-9-6-10(5-2)17(16-9)12-8-14(21-3)13(18(19)20)7-11(12)15/h6-8H,4-5H2,1-3H3. The lowest BCUT2D eigenvalue weighted by molar-refractivity contribution is -0.385. The van der Waals surface area contributed by atoms with Gasteiger partial charge < -0.3 is 4.74 Å². The lowest BCUT2D eigenvalue weighted by Crippen LogP contribution is -2.06. The minimum Gasteiger partial charge on any atom is -0.490 e. The van der Waals surface area contributed by atoms with Crippen LogP contribution in [0.5, 0.6) is 5.75 Å². The number of methoxy groups -OCH3 is 1. The number of aromatic nitrogens is 2. The van der Waals surface area contributed by atoms with Crippen molar-refractivity contribution < 1.29 is 14.1 Å². The Bertz CT molecular complexity index is 682. The smallest absolute Gasteiger partial charge is 0.313 e. The van der Waals surface area contributed by atoms with E-state index >= 15 is 0 Å². The maximum absolute atomic E-state index is 14.2. The number of hydrogen-bond donors (Lipinski definition) is 0. The van der Waals surface area contributed by atoms with Crippen LogP contribution in [-0.2, 0) is 12.8 Å². The van der Waals surface area contributed by atoms with Crippen LogP contribution >= 0.6 is 0 Å². The minimum absolute atomic E-state index is 0.00648. The van der Waals surface area contributed by atoms with Crippen LogP contribution in [0.15, 0.2) is 18.2 Å². The molecule has 0 saturated heterocycles. The average molecular weight is 293 g/mol. The van der Waals surface area contributed by atoms with E-state index < -0.39 is 16.4 Å². The number of aryl methyl sites for hydroxylation is 2. The molecule has 2 rings (SSSR count). The SMILES string of the molecule is CCc1cc(CC)n(-c2cc(OC)c([N+](=O)[O-])cc2F)n1. The van der Waals surface area contributed by atoms with Crippen LogP contribution in [0.1, 0.15) is 25.2 Å². The van der Waals surface area contributed by atoms with Crippen molar-refractivity contribution in [1.82, 2.24) is 9.78 Å². The molecule has 0 atom stereocenters. The first kappa shape index (κ1) is 15.0. The molecule has 0 aliphatic heterocycles. The number of ether oxygens (including phenoxy) is 1. The highest BCUT2D eigenvalue weighted by molar-refractivity contribution is 5.54. The van der Waals surface area contributed by atoms with Crippen molar-refractivity contribution in [2.45, 2.75) is 26.7 Å². The van der Waals surface area contributed by atoms with Gasteiger partial charge in [0.05, 0.1) is 23.8 Å². The fourth-order valence-electron chi connectivity index (χ4n) is 2.11. The van der Waals surface area contributed by atoms with Crippen molar-refractivity contribution in [2.75, 3.05) is 7.11 Å². The Labute approximate surface area is 121 Å². The van der Waals surface area contributed by atoms with Crippen molar-refractivity contribution in [3.05, 3.63) is 45.5 Å². The molecule has 112 valence electrons. The van der Waals surface area contributed by atoms with Crippen LogP contribution in [0.4, 0.5) is 10.1 Å². The summed E-state index contributed by atoms with van der Waals surface area (Å²) in [6.07, 6.45) is 1.40. The van der Waals surface area contributed by atoms with E-state index in [1.807, 2.05) is 19.9 Å². The molecular weight excluding hydrogens is 277 g/mol. The molecule has 0 unspecified atom stereocenters. The number of nitrogens with zero attached hydrogens (tertiary/aromatic N) is 3. The van der Waals surface area contributed by atoms with Gasteiger partial charge in [-0.1, -0.05) is 13.8 Å². The van der Waals surface area contributed by atoms with Gasteiger partial charge in [0.1, 0.15) is 5.69 Å². The molecule has 21 heavy (non-hydrogen) atoms. The third kappa shape index (κ3) is 2.72. The van der Waals surface area contributed by atoms with Crippen molar-refractivity contribution in [3.63, 3.8) is 0 Å². The quantitative estimate of drug-likeness (QED) is 0.627. The molecule has 6 nitrogen and oxygen atoms in total. The van der Waals surface area contributed by atoms with E-state index in [9.17, 15) is 14.5 Å². The lowest BCUT2D eigenvalue weighted by atomic mass is 10.2. The van der Waals surface area contributed by atoms with Gasteiger partial charge in [-0.25, -0.2) is 9.07 Å². The summed E-state index contributed by atoms with van der Waals surface area (Å²) in [7, 11) is 1.31. The molecule has 7 heteroatoms. The van der Waals surface area contributed by atoms with Crippen molar-refractivity contribution in [1.29, 1.82) is 0 Å². The molecule has 0 saturated carbocycles. The minimum atomic E-state index is -0.706. The number of nitro groups is 1. The van der Waals surface area contributed by atoms with Crippen LogP contribution in [0.3, 0.4) is 0 Å². The maximum Gasteiger partial charge on any atom is 0.313 e. The topological polar surface area (TPSA) is 70.2 Å². The second-order valence-electron chi connectivity index (χ2n) is 4.48. The summed E-state index contributed by atoms with van der Waals surface area (Å²) in [6, 6.07) is 4.06. The summed E-state index contributed by atoms with van der Waals surface area (Å²) >= 11 is 0. The zero-order chi connectivity index (χ0) is 15.6. The van der Waals surface area contributed by atoms with Crippen molar-refractivity contribution >= 4 is 5.69 Å². The molecule has 0 aliphatic rings. The fraction of sp³-hybridized carbons (Fsp3) is 0.357. The second-order valence-corrected chi connectivity index (χ2v) is 4.48. The Morgan fingerprint density at radius 1 is 1.33 bits per heavy atom. The van der Waals surface area contributed by atoms with Crippen LogP contribution < -0.4 is 4.74 Å². The molecule has 1 aromatic heterocycles. The number of nitro benzene ring substituents is 1. The van der Waals surface area contributed by atoms with Gasteiger partial charge in [0.2, 0.25) is 0 Å². The van der Waals surface area contributed by atoms with Crippen LogP contribution in [0.2, 0.25) is 0 Å². The van der Waals surface area contributed by atoms with Gasteiger partial charge in [0, 0.05) is 11.8 Å². The van der Waals surface area contributed by atoms with Crippen molar-refractivity contribution in [2.24, 2.45) is 0 Å². The van der Waals surface area contributed by atoms with E-state index in [4.69, 9.17) is 4.74 Å². The van der Waals surface area contributed by atoms with E-state index in [1.165, 1.54) is 17.9 Å². The monoisotopic (exact) mass is 293 g/mol. The average Bonchev–Trinajstić information content (AvgIpc) is 2.90. The van der Waals surface area contributed by atoms with E-state index in [0.29, 0.717) is 6.42 Å². The molecule has 0 aliphatic carbocycles.